The minimum absolute atomic E-state index is 0.485. The fraction of sp³-hybridized carbons (Fsp3) is 0.0159. The van der Waals surface area contributed by atoms with Crippen molar-refractivity contribution < 1.29 is 4.42 Å². The Balaban J connectivity index is 1.09. The molecule has 2 aliphatic rings. The van der Waals surface area contributed by atoms with Gasteiger partial charge in [-0.15, -0.1) is 0 Å². The zero-order valence-electron chi connectivity index (χ0n) is 35.4. The number of fused-ring (bicyclic) bond motifs is 16. The van der Waals surface area contributed by atoms with E-state index in [2.05, 4.69) is 241 Å². The second-order valence-corrected chi connectivity index (χ2v) is 17.5. The topological polar surface area (TPSA) is 16.4 Å². The smallest absolute Gasteiger partial charge is 0.143 e. The fourth-order valence-corrected chi connectivity index (χ4v) is 11.6. The van der Waals surface area contributed by atoms with E-state index in [1.54, 1.807) is 0 Å². The SMILES string of the molecule is c1ccc(-c2ccccc2N(c2ccc3c(c2)C2(c4ccccc4-c4ccccc42)c2ccccc2-3)c2cc3c(oc4cccc(-c5ccc6ccccc6c5)c43)c3ccccc23)cc1. The van der Waals surface area contributed by atoms with Crippen LogP contribution in [0.25, 0.3) is 88.0 Å². The number of hydrogen-bond donors (Lipinski definition) is 0. The van der Waals surface area contributed by atoms with Gasteiger partial charge in [-0.05, 0) is 108 Å². The van der Waals surface area contributed by atoms with Crippen molar-refractivity contribution in [2.24, 2.45) is 0 Å². The molecule has 0 atom stereocenters. The third-order valence-electron chi connectivity index (χ3n) is 14.3. The highest BCUT2D eigenvalue weighted by Gasteiger charge is 2.51. The molecule has 2 aliphatic carbocycles. The van der Waals surface area contributed by atoms with Gasteiger partial charge in [0.05, 0.1) is 16.8 Å². The van der Waals surface area contributed by atoms with Crippen LogP contribution in [0.5, 0.6) is 0 Å². The highest BCUT2D eigenvalue weighted by atomic mass is 16.3. The van der Waals surface area contributed by atoms with Gasteiger partial charge in [0.15, 0.2) is 0 Å². The van der Waals surface area contributed by atoms with E-state index in [1.165, 1.54) is 60.8 Å². The maximum absolute atomic E-state index is 6.96. The Morgan fingerprint density at radius 1 is 0.323 bits per heavy atom. The maximum Gasteiger partial charge on any atom is 0.143 e. The van der Waals surface area contributed by atoms with Crippen LogP contribution in [-0.4, -0.2) is 0 Å². The average Bonchev–Trinajstić information content (AvgIpc) is 4.01. The number of nitrogens with zero attached hydrogens (tertiary/aromatic N) is 1. The molecule has 1 spiro atoms. The number of hydrogen-bond acceptors (Lipinski definition) is 2. The summed E-state index contributed by atoms with van der Waals surface area (Å²) < 4.78 is 6.96. The number of anilines is 3. The monoisotopic (exact) mass is 825 g/mol. The van der Waals surface area contributed by atoms with Gasteiger partial charge in [-0.3, -0.25) is 0 Å². The van der Waals surface area contributed by atoms with Gasteiger partial charge in [0.25, 0.3) is 0 Å². The number of para-hydroxylation sites is 1. The van der Waals surface area contributed by atoms with Crippen LogP contribution >= 0.6 is 0 Å². The van der Waals surface area contributed by atoms with Gasteiger partial charge in [-0.25, -0.2) is 0 Å². The Kier molecular flexibility index (Phi) is 7.64. The molecule has 65 heavy (non-hydrogen) atoms. The normalized spacial score (nSPS) is 13.0. The van der Waals surface area contributed by atoms with Crippen molar-refractivity contribution in [3.8, 4) is 44.5 Å². The van der Waals surface area contributed by atoms with Crippen molar-refractivity contribution in [3.63, 3.8) is 0 Å². The summed E-state index contributed by atoms with van der Waals surface area (Å²) in [7, 11) is 0. The van der Waals surface area contributed by atoms with E-state index in [-0.39, 0.29) is 0 Å². The molecule has 12 aromatic rings. The first-order valence-corrected chi connectivity index (χ1v) is 22.5. The van der Waals surface area contributed by atoms with E-state index in [0.29, 0.717) is 0 Å². The van der Waals surface area contributed by atoms with Gasteiger partial charge < -0.3 is 9.32 Å². The predicted octanol–water partition coefficient (Wildman–Crippen LogP) is 17.0. The zero-order chi connectivity index (χ0) is 42.6. The van der Waals surface area contributed by atoms with Gasteiger partial charge in [0.2, 0.25) is 0 Å². The molecule has 0 saturated carbocycles. The molecule has 1 heterocycles. The first kappa shape index (κ1) is 36.1. The second kappa shape index (κ2) is 13.8. The third-order valence-corrected chi connectivity index (χ3v) is 14.3. The number of rotatable bonds is 5. The number of furan rings is 1. The first-order valence-electron chi connectivity index (χ1n) is 22.5. The minimum Gasteiger partial charge on any atom is -0.455 e. The summed E-state index contributed by atoms with van der Waals surface area (Å²) in [5, 5.41) is 6.83. The lowest BCUT2D eigenvalue weighted by Crippen LogP contribution is -2.26. The van der Waals surface area contributed by atoms with E-state index in [4.69, 9.17) is 4.42 Å². The summed E-state index contributed by atoms with van der Waals surface area (Å²) in [6.45, 7) is 0. The summed E-state index contributed by atoms with van der Waals surface area (Å²) in [6.07, 6.45) is 0. The van der Waals surface area contributed by atoms with Gasteiger partial charge >= 0.3 is 0 Å². The standard InChI is InChI=1S/C63H39NO/c1-2-18-41(19-3-1)45-21-11-15-31-58(45)64(44-35-36-50-49-24-10-14-30-56(49)63(57(50)38-44)54-28-12-8-22-47(54)48-23-9-13-29-55(48)63)59-39-53-61-46(43-34-33-40-17-4-5-20-42(40)37-43)27-16-32-60(61)65-62(53)52-26-7-6-25-51(52)59/h1-39H. The number of benzene rings is 11. The Labute approximate surface area is 376 Å². The van der Waals surface area contributed by atoms with Crippen LogP contribution in [0, 0.1) is 0 Å². The summed E-state index contributed by atoms with van der Waals surface area (Å²) in [5.41, 5.74) is 19.6. The first-order chi connectivity index (χ1) is 32.3. The van der Waals surface area contributed by atoms with Crippen LogP contribution in [0.1, 0.15) is 22.3 Å². The van der Waals surface area contributed by atoms with Crippen LogP contribution in [-0.2, 0) is 5.41 Å². The molecular weight excluding hydrogens is 787 g/mol. The molecule has 0 fully saturated rings. The van der Waals surface area contributed by atoms with Crippen molar-refractivity contribution in [2.75, 3.05) is 4.90 Å². The Morgan fingerprint density at radius 2 is 0.908 bits per heavy atom. The molecule has 11 aromatic carbocycles. The Hall–Kier alpha value is -8.46. The summed E-state index contributed by atoms with van der Waals surface area (Å²) in [6, 6.07) is 87.1. The largest absolute Gasteiger partial charge is 0.455 e. The molecule has 0 amide bonds. The van der Waals surface area contributed by atoms with Crippen LogP contribution in [0.15, 0.2) is 241 Å². The summed E-state index contributed by atoms with van der Waals surface area (Å²) in [4.78, 5) is 2.52. The van der Waals surface area contributed by atoms with Gasteiger partial charge in [-0.2, -0.15) is 0 Å². The lowest BCUT2D eigenvalue weighted by Gasteiger charge is -2.33. The molecule has 14 rings (SSSR count). The van der Waals surface area contributed by atoms with Gasteiger partial charge in [-0.1, -0.05) is 200 Å². The average molecular weight is 826 g/mol. The van der Waals surface area contributed by atoms with E-state index in [1.807, 2.05) is 0 Å². The van der Waals surface area contributed by atoms with Crippen molar-refractivity contribution >= 4 is 60.5 Å². The Bertz CT molecular complexity index is 3850. The van der Waals surface area contributed by atoms with E-state index in [0.717, 1.165) is 66.5 Å². The molecule has 0 bridgehead atoms. The van der Waals surface area contributed by atoms with Gasteiger partial charge in [0, 0.05) is 32.8 Å². The van der Waals surface area contributed by atoms with Crippen molar-refractivity contribution in [1.29, 1.82) is 0 Å². The van der Waals surface area contributed by atoms with Crippen LogP contribution in [0.2, 0.25) is 0 Å². The zero-order valence-corrected chi connectivity index (χ0v) is 35.4. The molecule has 1 aromatic heterocycles. The lowest BCUT2D eigenvalue weighted by atomic mass is 9.70. The van der Waals surface area contributed by atoms with Crippen LogP contribution in [0.3, 0.4) is 0 Å². The second-order valence-electron chi connectivity index (χ2n) is 17.5. The Morgan fingerprint density at radius 3 is 1.65 bits per heavy atom. The fourth-order valence-electron chi connectivity index (χ4n) is 11.6. The van der Waals surface area contributed by atoms with E-state index >= 15 is 0 Å². The molecule has 2 nitrogen and oxygen atoms in total. The maximum atomic E-state index is 6.96. The molecular formula is C63H39NO. The summed E-state index contributed by atoms with van der Waals surface area (Å²) in [5.74, 6) is 0. The minimum atomic E-state index is -0.485. The van der Waals surface area contributed by atoms with Crippen molar-refractivity contribution in [2.45, 2.75) is 5.41 Å². The van der Waals surface area contributed by atoms with E-state index < -0.39 is 5.41 Å². The van der Waals surface area contributed by atoms with Crippen LogP contribution < -0.4 is 4.90 Å². The quantitative estimate of drug-likeness (QED) is 0.172. The third kappa shape index (κ3) is 5.05. The predicted molar refractivity (Wildman–Crippen MR) is 271 cm³/mol. The summed E-state index contributed by atoms with van der Waals surface area (Å²) >= 11 is 0. The van der Waals surface area contributed by atoms with Crippen molar-refractivity contribution in [3.05, 3.63) is 259 Å². The molecule has 302 valence electrons. The molecule has 0 unspecified atom stereocenters. The molecule has 0 N–H and O–H groups in total. The molecule has 0 aliphatic heterocycles. The van der Waals surface area contributed by atoms with Crippen LogP contribution in [0.4, 0.5) is 17.1 Å². The highest BCUT2D eigenvalue weighted by Crippen LogP contribution is 2.63. The van der Waals surface area contributed by atoms with E-state index in [9.17, 15) is 0 Å². The molecule has 2 heteroatoms. The van der Waals surface area contributed by atoms with Crippen molar-refractivity contribution in [1.82, 2.24) is 0 Å². The molecule has 0 saturated heterocycles. The van der Waals surface area contributed by atoms with Gasteiger partial charge in [0.1, 0.15) is 11.2 Å². The molecule has 0 radical (unpaired) electrons. The highest BCUT2D eigenvalue weighted by molar-refractivity contribution is 6.23. The lowest BCUT2D eigenvalue weighted by molar-refractivity contribution is 0.673.